The van der Waals surface area contributed by atoms with E-state index in [2.05, 4.69) is 25.2 Å². The SMILES string of the molecule is CCNC1CCN(Cc2cc(C)c(C)s2)C1=O. The fraction of sp³-hybridized carbons (Fsp3) is 0.615. The van der Waals surface area contributed by atoms with Gasteiger partial charge in [-0.3, -0.25) is 4.79 Å². The van der Waals surface area contributed by atoms with Gasteiger partial charge in [0.2, 0.25) is 5.91 Å². The van der Waals surface area contributed by atoms with Crippen LogP contribution in [0.15, 0.2) is 6.07 Å². The molecular weight excluding hydrogens is 232 g/mol. The van der Waals surface area contributed by atoms with Crippen LogP contribution >= 0.6 is 11.3 Å². The standard InChI is InChI=1S/C13H20N2OS/c1-4-14-12-5-6-15(13(12)16)8-11-7-9(2)10(3)17-11/h7,12,14H,4-6,8H2,1-3H3. The first-order valence-electron chi connectivity index (χ1n) is 6.20. The zero-order valence-corrected chi connectivity index (χ0v) is 11.6. The highest BCUT2D eigenvalue weighted by molar-refractivity contribution is 7.12. The summed E-state index contributed by atoms with van der Waals surface area (Å²) in [4.78, 5) is 16.7. The molecule has 1 aliphatic heterocycles. The topological polar surface area (TPSA) is 32.3 Å². The lowest BCUT2D eigenvalue weighted by atomic mass is 10.2. The van der Waals surface area contributed by atoms with E-state index < -0.39 is 0 Å². The van der Waals surface area contributed by atoms with Crippen LogP contribution in [-0.2, 0) is 11.3 Å². The smallest absolute Gasteiger partial charge is 0.240 e. The van der Waals surface area contributed by atoms with Gasteiger partial charge in [0.05, 0.1) is 12.6 Å². The summed E-state index contributed by atoms with van der Waals surface area (Å²) in [7, 11) is 0. The van der Waals surface area contributed by atoms with E-state index >= 15 is 0 Å². The van der Waals surface area contributed by atoms with Crippen LogP contribution in [0.2, 0.25) is 0 Å². The van der Waals surface area contributed by atoms with Crippen LogP contribution in [-0.4, -0.2) is 29.9 Å². The molecule has 1 N–H and O–H groups in total. The van der Waals surface area contributed by atoms with Gasteiger partial charge >= 0.3 is 0 Å². The monoisotopic (exact) mass is 252 g/mol. The Balaban J connectivity index is 1.98. The number of carbonyl (C=O) groups is 1. The molecule has 17 heavy (non-hydrogen) atoms. The highest BCUT2D eigenvalue weighted by atomic mass is 32.1. The molecule has 3 nitrogen and oxygen atoms in total. The van der Waals surface area contributed by atoms with Gasteiger partial charge in [0.25, 0.3) is 0 Å². The fourth-order valence-electron chi connectivity index (χ4n) is 2.25. The zero-order chi connectivity index (χ0) is 12.4. The van der Waals surface area contributed by atoms with Gasteiger partial charge in [0.1, 0.15) is 0 Å². The molecule has 4 heteroatoms. The van der Waals surface area contributed by atoms with Gasteiger partial charge in [-0.15, -0.1) is 11.3 Å². The maximum absolute atomic E-state index is 12.1. The first-order chi connectivity index (χ1) is 8.11. The van der Waals surface area contributed by atoms with E-state index in [0.29, 0.717) is 0 Å². The minimum Gasteiger partial charge on any atom is -0.336 e. The molecule has 1 aromatic heterocycles. The van der Waals surface area contributed by atoms with Crippen LogP contribution in [0.5, 0.6) is 0 Å². The number of hydrogen-bond donors (Lipinski definition) is 1. The van der Waals surface area contributed by atoms with Gasteiger partial charge in [0.15, 0.2) is 0 Å². The van der Waals surface area contributed by atoms with Crippen molar-refractivity contribution >= 4 is 17.2 Å². The summed E-state index contributed by atoms with van der Waals surface area (Å²) in [6, 6.07) is 2.25. The number of nitrogens with one attached hydrogen (secondary N) is 1. The third-order valence-electron chi connectivity index (χ3n) is 3.31. The maximum Gasteiger partial charge on any atom is 0.240 e. The van der Waals surface area contributed by atoms with Crippen LogP contribution in [0.25, 0.3) is 0 Å². The number of nitrogens with zero attached hydrogens (tertiary/aromatic N) is 1. The van der Waals surface area contributed by atoms with Crippen LogP contribution in [0.3, 0.4) is 0 Å². The van der Waals surface area contributed by atoms with Gasteiger partial charge in [-0.2, -0.15) is 0 Å². The van der Waals surface area contributed by atoms with Gasteiger partial charge in [-0.1, -0.05) is 6.92 Å². The summed E-state index contributed by atoms with van der Waals surface area (Å²) in [6.07, 6.45) is 0.940. The Morgan fingerprint density at radius 2 is 2.29 bits per heavy atom. The van der Waals surface area contributed by atoms with Crippen molar-refractivity contribution in [3.05, 3.63) is 21.4 Å². The van der Waals surface area contributed by atoms with Crippen molar-refractivity contribution < 1.29 is 4.79 Å². The van der Waals surface area contributed by atoms with Gasteiger partial charge in [-0.05, 0) is 38.4 Å². The number of amides is 1. The van der Waals surface area contributed by atoms with Crippen molar-refractivity contribution in [2.75, 3.05) is 13.1 Å². The Kier molecular flexibility index (Phi) is 3.84. The molecule has 0 aromatic carbocycles. The first-order valence-corrected chi connectivity index (χ1v) is 7.01. The molecule has 1 aromatic rings. The third kappa shape index (κ3) is 2.69. The molecule has 1 atom stereocenters. The molecule has 0 saturated carbocycles. The maximum atomic E-state index is 12.1. The molecule has 0 radical (unpaired) electrons. The number of thiophene rings is 1. The lowest BCUT2D eigenvalue weighted by Gasteiger charge is -2.15. The van der Waals surface area contributed by atoms with E-state index in [0.717, 1.165) is 26.1 Å². The summed E-state index contributed by atoms with van der Waals surface area (Å²) >= 11 is 1.80. The largest absolute Gasteiger partial charge is 0.336 e. The Bertz CT molecular complexity index is 394. The highest BCUT2D eigenvalue weighted by Crippen LogP contribution is 2.24. The molecular formula is C13H20N2OS. The second-order valence-electron chi connectivity index (χ2n) is 4.61. The Morgan fingerprint density at radius 3 is 2.88 bits per heavy atom. The van der Waals surface area contributed by atoms with E-state index in [-0.39, 0.29) is 11.9 Å². The first kappa shape index (κ1) is 12.6. The summed E-state index contributed by atoms with van der Waals surface area (Å²) in [5, 5.41) is 3.24. The van der Waals surface area contributed by atoms with E-state index in [1.807, 2.05) is 11.8 Å². The molecule has 0 bridgehead atoms. The summed E-state index contributed by atoms with van der Waals surface area (Å²) < 4.78 is 0. The molecule has 0 aliphatic carbocycles. The number of likely N-dealkylation sites (N-methyl/N-ethyl adjacent to an activating group) is 1. The second-order valence-corrected chi connectivity index (χ2v) is 5.95. The van der Waals surface area contributed by atoms with E-state index in [4.69, 9.17) is 0 Å². The normalized spacial score (nSPS) is 20.3. The van der Waals surface area contributed by atoms with Crippen LogP contribution in [0.1, 0.15) is 28.7 Å². The summed E-state index contributed by atoms with van der Waals surface area (Å²) in [5.74, 6) is 0.260. The summed E-state index contributed by atoms with van der Waals surface area (Å²) in [6.45, 7) is 8.83. The average molecular weight is 252 g/mol. The molecule has 2 heterocycles. The molecule has 1 unspecified atom stereocenters. The molecule has 1 saturated heterocycles. The van der Waals surface area contributed by atoms with Gasteiger partial charge < -0.3 is 10.2 Å². The van der Waals surface area contributed by atoms with Crippen molar-refractivity contribution in [1.82, 2.24) is 10.2 Å². The van der Waals surface area contributed by atoms with E-state index in [1.54, 1.807) is 11.3 Å². The third-order valence-corrected chi connectivity index (χ3v) is 4.45. The minimum atomic E-state index is 0.0437. The molecule has 1 aliphatic rings. The molecule has 0 spiro atoms. The number of aryl methyl sites for hydroxylation is 2. The summed E-state index contributed by atoms with van der Waals surface area (Å²) in [5.41, 5.74) is 1.33. The van der Waals surface area contributed by atoms with Crippen molar-refractivity contribution in [1.29, 1.82) is 0 Å². The van der Waals surface area contributed by atoms with Gasteiger partial charge in [-0.25, -0.2) is 0 Å². The van der Waals surface area contributed by atoms with Crippen molar-refractivity contribution in [2.24, 2.45) is 0 Å². The minimum absolute atomic E-state index is 0.0437. The van der Waals surface area contributed by atoms with Crippen LogP contribution in [0.4, 0.5) is 0 Å². The molecule has 94 valence electrons. The Morgan fingerprint density at radius 1 is 1.53 bits per heavy atom. The number of likely N-dealkylation sites (tertiary alicyclic amines) is 1. The Labute approximate surface area is 107 Å². The average Bonchev–Trinajstić information content (AvgIpc) is 2.77. The van der Waals surface area contributed by atoms with Crippen LogP contribution in [0, 0.1) is 13.8 Å². The predicted octanol–water partition coefficient (Wildman–Crippen LogP) is 2.08. The fourth-order valence-corrected chi connectivity index (χ4v) is 3.32. The van der Waals surface area contributed by atoms with Gasteiger partial charge in [0, 0.05) is 16.3 Å². The highest BCUT2D eigenvalue weighted by Gasteiger charge is 2.30. The van der Waals surface area contributed by atoms with Crippen LogP contribution < -0.4 is 5.32 Å². The van der Waals surface area contributed by atoms with Crippen molar-refractivity contribution in [3.63, 3.8) is 0 Å². The lowest BCUT2D eigenvalue weighted by molar-refractivity contribution is -0.129. The Hall–Kier alpha value is -0.870. The number of carbonyl (C=O) groups excluding carboxylic acids is 1. The molecule has 1 amide bonds. The number of rotatable bonds is 4. The van der Waals surface area contributed by atoms with E-state index in [9.17, 15) is 4.79 Å². The predicted molar refractivity (Wildman–Crippen MR) is 71.3 cm³/mol. The van der Waals surface area contributed by atoms with Crippen molar-refractivity contribution in [2.45, 2.75) is 39.8 Å². The lowest BCUT2D eigenvalue weighted by Crippen LogP contribution is -2.37. The molecule has 1 fully saturated rings. The van der Waals surface area contributed by atoms with E-state index in [1.165, 1.54) is 15.3 Å². The number of hydrogen-bond acceptors (Lipinski definition) is 3. The second kappa shape index (κ2) is 5.19. The quantitative estimate of drug-likeness (QED) is 0.890. The van der Waals surface area contributed by atoms with Crippen molar-refractivity contribution in [3.8, 4) is 0 Å². The zero-order valence-electron chi connectivity index (χ0n) is 10.7. The molecule has 2 rings (SSSR count).